The largest absolute Gasteiger partial charge is 0.363 e. The van der Waals surface area contributed by atoms with E-state index >= 15 is 0 Å². The standard InChI is InChI=1S/C8H14INO2/c1-6-7(10(2)5-11)3-4-8(9)12-6/h5-8H,3-4H2,1-2H3/t6-,7+,8-/m1/s1. The Bertz CT molecular complexity index is 165. The number of carbonyl (C=O) groups excluding carboxylic acids is 1. The fraction of sp³-hybridized carbons (Fsp3) is 0.875. The summed E-state index contributed by atoms with van der Waals surface area (Å²) in [5.41, 5.74) is 0. The van der Waals surface area contributed by atoms with E-state index < -0.39 is 0 Å². The van der Waals surface area contributed by atoms with Gasteiger partial charge >= 0.3 is 0 Å². The van der Waals surface area contributed by atoms with E-state index in [9.17, 15) is 4.79 Å². The highest BCUT2D eigenvalue weighted by molar-refractivity contribution is 14.1. The monoisotopic (exact) mass is 283 g/mol. The Morgan fingerprint density at radius 3 is 2.75 bits per heavy atom. The van der Waals surface area contributed by atoms with Gasteiger partial charge in [0.05, 0.1) is 12.1 Å². The van der Waals surface area contributed by atoms with Crippen LogP contribution in [0.15, 0.2) is 0 Å². The molecule has 3 nitrogen and oxygen atoms in total. The molecule has 1 fully saturated rings. The molecule has 0 bridgehead atoms. The third-order valence-corrected chi connectivity index (χ3v) is 3.20. The quantitative estimate of drug-likeness (QED) is 0.435. The van der Waals surface area contributed by atoms with Crippen LogP contribution in [0.25, 0.3) is 0 Å². The molecule has 0 radical (unpaired) electrons. The lowest BCUT2D eigenvalue weighted by molar-refractivity contribution is -0.124. The second kappa shape index (κ2) is 4.41. The van der Waals surface area contributed by atoms with Crippen LogP contribution < -0.4 is 0 Å². The zero-order valence-corrected chi connectivity index (χ0v) is 9.52. The first kappa shape index (κ1) is 10.2. The average molecular weight is 283 g/mol. The first-order valence-electron chi connectivity index (χ1n) is 4.12. The second-order valence-electron chi connectivity index (χ2n) is 3.17. The number of nitrogens with zero attached hydrogens (tertiary/aromatic N) is 1. The highest BCUT2D eigenvalue weighted by atomic mass is 127. The zero-order valence-electron chi connectivity index (χ0n) is 7.37. The minimum atomic E-state index is 0.163. The molecule has 0 saturated carbocycles. The number of likely N-dealkylation sites (N-methyl/N-ethyl adjacent to an activating group) is 1. The van der Waals surface area contributed by atoms with Gasteiger partial charge in [-0.05, 0) is 19.8 Å². The first-order valence-corrected chi connectivity index (χ1v) is 5.36. The topological polar surface area (TPSA) is 29.5 Å². The van der Waals surface area contributed by atoms with Gasteiger partial charge in [0.25, 0.3) is 0 Å². The van der Waals surface area contributed by atoms with Crippen LogP contribution >= 0.6 is 22.6 Å². The molecule has 1 rings (SSSR count). The van der Waals surface area contributed by atoms with E-state index in [0.717, 1.165) is 19.3 Å². The normalized spacial score (nSPS) is 36.1. The van der Waals surface area contributed by atoms with Crippen molar-refractivity contribution in [1.29, 1.82) is 0 Å². The molecule has 12 heavy (non-hydrogen) atoms. The molecule has 0 spiro atoms. The van der Waals surface area contributed by atoms with E-state index in [1.54, 1.807) is 4.90 Å². The van der Waals surface area contributed by atoms with Crippen LogP contribution in [0.1, 0.15) is 19.8 Å². The Labute approximate surface area is 86.6 Å². The summed E-state index contributed by atoms with van der Waals surface area (Å²) < 4.78 is 5.92. The molecular weight excluding hydrogens is 269 g/mol. The smallest absolute Gasteiger partial charge is 0.209 e. The highest BCUT2D eigenvalue weighted by Crippen LogP contribution is 2.25. The molecule has 0 unspecified atom stereocenters. The van der Waals surface area contributed by atoms with Gasteiger partial charge < -0.3 is 9.64 Å². The fourth-order valence-electron chi connectivity index (χ4n) is 1.54. The molecule has 0 N–H and O–H groups in total. The van der Waals surface area contributed by atoms with Gasteiger partial charge in [-0.3, -0.25) is 4.79 Å². The Morgan fingerprint density at radius 1 is 1.58 bits per heavy atom. The number of alkyl halides is 1. The highest BCUT2D eigenvalue weighted by Gasteiger charge is 2.28. The van der Waals surface area contributed by atoms with Crippen molar-refractivity contribution in [2.45, 2.75) is 36.0 Å². The number of hydrogen-bond donors (Lipinski definition) is 0. The van der Waals surface area contributed by atoms with Crippen molar-refractivity contribution < 1.29 is 9.53 Å². The van der Waals surface area contributed by atoms with Crippen molar-refractivity contribution in [1.82, 2.24) is 4.90 Å². The minimum Gasteiger partial charge on any atom is -0.363 e. The Balaban J connectivity index is 2.49. The number of hydrogen-bond acceptors (Lipinski definition) is 2. The van der Waals surface area contributed by atoms with Crippen LogP contribution in [-0.2, 0) is 9.53 Å². The van der Waals surface area contributed by atoms with Gasteiger partial charge in [0, 0.05) is 7.05 Å². The molecule has 0 aliphatic carbocycles. The summed E-state index contributed by atoms with van der Waals surface area (Å²) in [6.07, 6.45) is 3.12. The van der Waals surface area contributed by atoms with Crippen molar-refractivity contribution >= 4 is 29.0 Å². The van der Waals surface area contributed by atoms with Crippen LogP contribution in [-0.4, -0.2) is 34.6 Å². The van der Waals surface area contributed by atoms with Gasteiger partial charge in [-0.1, -0.05) is 22.6 Å². The Morgan fingerprint density at radius 2 is 2.25 bits per heavy atom. The van der Waals surface area contributed by atoms with Crippen LogP contribution in [0.4, 0.5) is 0 Å². The molecule has 1 heterocycles. The maximum Gasteiger partial charge on any atom is 0.209 e. The maximum absolute atomic E-state index is 10.5. The van der Waals surface area contributed by atoms with Gasteiger partial charge in [-0.15, -0.1) is 0 Å². The molecule has 1 saturated heterocycles. The fourth-order valence-corrected chi connectivity index (χ4v) is 2.36. The van der Waals surface area contributed by atoms with Crippen LogP contribution in [0.5, 0.6) is 0 Å². The number of carbonyl (C=O) groups is 1. The summed E-state index contributed by atoms with van der Waals surface area (Å²) in [5, 5.41) is 0. The van der Waals surface area contributed by atoms with Gasteiger partial charge in [0.1, 0.15) is 4.11 Å². The van der Waals surface area contributed by atoms with Crippen molar-refractivity contribution in [3.63, 3.8) is 0 Å². The van der Waals surface area contributed by atoms with Gasteiger partial charge in [-0.2, -0.15) is 0 Å². The van der Waals surface area contributed by atoms with Crippen LogP contribution in [0, 0.1) is 0 Å². The van der Waals surface area contributed by atoms with Gasteiger partial charge in [0.2, 0.25) is 6.41 Å². The summed E-state index contributed by atoms with van der Waals surface area (Å²) in [7, 11) is 1.81. The van der Waals surface area contributed by atoms with Crippen LogP contribution in [0.3, 0.4) is 0 Å². The number of rotatable bonds is 2. The third kappa shape index (κ3) is 2.32. The molecule has 1 aliphatic heterocycles. The summed E-state index contributed by atoms with van der Waals surface area (Å²) >= 11 is 2.29. The van der Waals surface area contributed by atoms with Crippen LogP contribution in [0.2, 0.25) is 0 Å². The van der Waals surface area contributed by atoms with E-state index in [-0.39, 0.29) is 12.1 Å². The SMILES string of the molecule is C[C@H]1O[C@@H](I)CC[C@@H]1N(C)C=O. The molecule has 1 aliphatic rings. The van der Waals surface area contributed by atoms with E-state index in [1.807, 2.05) is 14.0 Å². The Kier molecular flexibility index (Phi) is 3.77. The van der Waals surface area contributed by atoms with E-state index in [1.165, 1.54) is 0 Å². The lowest BCUT2D eigenvalue weighted by Crippen LogP contribution is -2.44. The van der Waals surface area contributed by atoms with Crippen molar-refractivity contribution in [2.24, 2.45) is 0 Å². The van der Waals surface area contributed by atoms with Crippen molar-refractivity contribution in [2.75, 3.05) is 7.05 Å². The zero-order chi connectivity index (χ0) is 9.14. The van der Waals surface area contributed by atoms with Gasteiger partial charge in [-0.25, -0.2) is 0 Å². The van der Waals surface area contributed by atoms with E-state index in [2.05, 4.69) is 22.6 Å². The predicted molar refractivity (Wildman–Crippen MR) is 55.2 cm³/mol. The molecular formula is C8H14INO2. The summed E-state index contributed by atoms with van der Waals surface area (Å²) in [4.78, 5) is 12.2. The van der Waals surface area contributed by atoms with Gasteiger partial charge in [0.15, 0.2) is 0 Å². The molecule has 1 amide bonds. The molecule has 4 heteroatoms. The first-order chi connectivity index (χ1) is 5.65. The summed E-state index contributed by atoms with van der Waals surface area (Å²) in [6, 6.07) is 0.258. The molecule has 0 aromatic carbocycles. The number of ether oxygens (including phenoxy) is 1. The molecule has 0 aromatic heterocycles. The second-order valence-corrected chi connectivity index (χ2v) is 4.56. The molecule has 0 aromatic rings. The summed E-state index contributed by atoms with van der Waals surface area (Å²) in [5.74, 6) is 0. The molecule has 70 valence electrons. The van der Waals surface area contributed by atoms with Crippen molar-refractivity contribution in [3.05, 3.63) is 0 Å². The number of amides is 1. The average Bonchev–Trinajstić information content (AvgIpc) is 2.03. The van der Waals surface area contributed by atoms with E-state index in [0.29, 0.717) is 4.11 Å². The lowest BCUT2D eigenvalue weighted by Gasteiger charge is -2.36. The maximum atomic E-state index is 10.5. The Hall–Kier alpha value is 0.160. The van der Waals surface area contributed by atoms with E-state index in [4.69, 9.17) is 4.74 Å². The number of halogens is 1. The third-order valence-electron chi connectivity index (χ3n) is 2.28. The minimum absolute atomic E-state index is 0.163. The van der Waals surface area contributed by atoms with Crippen molar-refractivity contribution in [3.8, 4) is 0 Å². The lowest BCUT2D eigenvalue weighted by atomic mass is 10.0. The molecule has 3 atom stereocenters. The predicted octanol–water partition coefficient (Wildman–Crippen LogP) is 1.40. The summed E-state index contributed by atoms with van der Waals surface area (Å²) in [6.45, 7) is 2.02.